The van der Waals surface area contributed by atoms with E-state index in [4.69, 9.17) is 15.2 Å². The van der Waals surface area contributed by atoms with Crippen molar-refractivity contribution in [2.24, 2.45) is 16.7 Å². The van der Waals surface area contributed by atoms with Gasteiger partial charge in [-0.15, -0.1) is 0 Å². The van der Waals surface area contributed by atoms with Crippen LogP contribution >= 0.6 is 0 Å². The lowest BCUT2D eigenvalue weighted by Crippen LogP contribution is -2.74. The van der Waals surface area contributed by atoms with Crippen LogP contribution in [0.15, 0.2) is 6.07 Å². The van der Waals surface area contributed by atoms with Crippen molar-refractivity contribution in [1.29, 1.82) is 5.41 Å². The first-order valence-corrected chi connectivity index (χ1v) is 14.9. The lowest BCUT2D eigenvalue weighted by Gasteiger charge is -2.50. The topological polar surface area (TPSA) is 116 Å². The van der Waals surface area contributed by atoms with E-state index in [9.17, 15) is 5.11 Å². The highest BCUT2D eigenvalue weighted by Gasteiger charge is 2.46. The Bertz CT molecular complexity index is 1220. The number of fused-ring (bicyclic) bond motifs is 3. The van der Waals surface area contributed by atoms with E-state index in [1.54, 1.807) is 0 Å². The Balaban J connectivity index is 1.17. The number of nitrogens with one attached hydrogen (secondary N) is 2. The van der Waals surface area contributed by atoms with Crippen LogP contribution in [0.4, 0.5) is 11.5 Å². The largest absolute Gasteiger partial charge is 0.396 e. The van der Waals surface area contributed by atoms with Crippen molar-refractivity contribution in [2.45, 2.75) is 77.9 Å². The van der Waals surface area contributed by atoms with Gasteiger partial charge in [-0.1, -0.05) is 6.42 Å². The van der Waals surface area contributed by atoms with Crippen LogP contribution < -0.4 is 15.5 Å². The molecule has 9 heteroatoms. The van der Waals surface area contributed by atoms with E-state index in [-0.39, 0.29) is 12.0 Å². The van der Waals surface area contributed by atoms with Gasteiger partial charge in [0.2, 0.25) is 5.82 Å². The Morgan fingerprint density at radius 3 is 2.85 bits per heavy atom. The second-order valence-electron chi connectivity index (χ2n) is 12.9. The van der Waals surface area contributed by atoms with Crippen molar-refractivity contribution in [2.75, 3.05) is 44.9 Å². The summed E-state index contributed by atoms with van der Waals surface area (Å²) in [5.74, 6) is 1.60. The van der Waals surface area contributed by atoms with Gasteiger partial charge in [0.05, 0.1) is 49.2 Å². The van der Waals surface area contributed by atoms with Gasteiger partial charge in [-0.05, 0) is 63.4 Å². The highest BCUT2D eigenvalue weighted by Crippen LogP contribution is 2.50. The fraction of sp³-hybridized carbons (Fsp3) is 0.700. The smallest absolute Gasteiger partial charge is 0.235 e. The van der Waals surface area contributed by atoms with Crippen molar-refractivity contribution in [3.8, 4) is 0 Å². The molecule has 0 spiro atoms. The first kappa shape index (κ1) is 26.9. The Kier molecular flexibility index (Phi) is 7.29. The number of aliphatic hydroxyl groups excluding tert-OH is 1. The first-order chi connectivity index (χ1) is 18.9. The number of hydrogen-bond donors (Lipinski definition) is 4. The summed E-state index contributed by atoms with van der Waals surface area (Å²) in [4.78, 5) is 7.06. The van der Waals surface area contributed by atoms with Crippen molar-refractivity contribution in [1.82, 2.24) is 20.1 Å². The number of quaternary nitrogens is 1. The number of aromatic nitrogens is 3. The minimum Gasteiger partial charge on any atom is -0.396 e. The number of pyridine rings is 1. The molecule has 3 unspecified atom stereocenters. The molecule has 4 heterocycles. The fourth-order valence-corrected chi connectivity index (χ4v) is 7.88. The van der Waals surface area contributed by atoms with Crippen molar-refractivity contribution in [3.63, 3.8) is 0 Å². The fourth-order valence-electron chi connectivity index (χ4n) is 7.88. The maximum Gasteiger partial charge on any atom is 0.235 e. The minimum absolute atomic E-state index is 0.0620. The third-order valence-corrected chi connectivity index (χ3v) is 10.2. The maximum absolute atomic E-state index is 9.84. The Labute approximate surface area is 232 Å². The number of nitrogens with zero attached hydrogens (tertiary/aromatic N) is 4. The summed E-state index contributed by atoms with van der Waals surface area (Å²) >= 11 is 0. The maximum atomic E-state index is 9.84. The Morgan fingerprint density at radius 2 is 2.13 bits per heavy atom. The van der Waals surface area contributed by atoms with Crippen molar-refractivity contribution < 1.29 is 15.2 Å². The monoisotopic (exact) mass is 536 g/mol. The molecule has 0 radical (unpaired) electrons. The standard InChI is InChI=1S/C30H45N7O2/c1-20-11-27(23(13-31)28(32-3)34-20)36-10-7-26-24(14-36)21(2)35-37(26)16-29-8-4-5-22(12-29)25(6-9-29)33-15-30(17-38)18-39-19-30/h11,13,22,25,31,33,38H,4-10,12,14-19H2,1-3H3,(H,32,34)/p+1. The van der Waals surface area contributed by atoms with Gasteiger partial charge in [0.1, 0.15) is 0 Å². The normalized spacial score (nSPS) is 27.6. The molecule has 212 valence electrons. The van der Waals surface area contributed by atoms with E-state index in [1.165, 1.54) is 56.0 Å². The van der Waals surface area contributed by atoms with Gasteiger partial charge < -0.3 is 25.5 Å². The number of nitrogens with two attached hydrogens (primary N) is 1. The van der Waals surface area contributed by atoms with Gasteiger partial charge in [0.15, 0.2) is 0 Å². The zero-order valence-corrected chi connectivity index (χ0v) is 23.9. The van der Waals surface area contributed by atoms with Crippen LogP contribution in [0.1, 0.15) is 66.7 Å². The second-order valence-corrected chi connectivity index (χ2v) is 12.9. The van der Waals surface area contributed by atoms with Crippen molar-refractivity contribution >= 4 is 17.7 Å². The summed E-state index contributed by atoms with van der Waals surface area (Å²) in [6.07, 6.45) is 10.1. The van der Waals surface area contributed by atoms with Gasteiger partial charge in [-0.25, -0.2) is 4.98 Å². The molecule has 9 nitrogen and oxygen atoms in total. The van der Waals surface area contributed by atoms with Gasteiger partial charge in [-0.2, -0.15) is 5.10 Å². The van der Waals surface area contributed by atoms with E-state index >= 15 is 0 Å². The summed E-state index contributed by atoms with van der Waals surface area (Å²) in [6, 6.07) is 2.69. The number of aliphatic hydroxyl groups is 1. The zero-order chi connectivity index (χ0) is 27.2. The summed E-state index contributed by atoms with van der Waals surface area (Å²) in [5, 5.41) is 28.9. The van der Waals surface area contributed by atoms with E-state index in [2.05, 4.69) is 32.9 Å². The zero-order valence-electron chi connectivity index (χ0n) is 23.9. The lowest BCUT2D eigenvalue weighted by molar-refractivity contribution is -0.543. The molecule has 6 rings (SSSR count). The van der Waals surface area contributed by atoms with Crippen molar-refractivity contribution in [3.05, 3.63) is 34.3 Å². The van der Waals surface area contributed by atoms with Crippen LogP contribution in [0.25, 0.3) is 0 Å². The quantitative estimate of drug-likeness (QED) is 0.365. The molecule has 39 heavy (non-hydrogen) atoms. The van der Waals surface area contributed by atoms with E-state index in [0.29, 0.717) is 30.6 Å². The number of rotatable bonds is 9. The summed E-state index contributed by atoms with van der Waals surface area (Å²) in [5.41, 5.74) is 7.22. The van der Waals surface area contributed by atoms with E-state index in [1.807, 2.05) is 19.3 Å². The van der Waals surface area contributed by atoms with Crippen LogP contribution in [0.3, 0.4) is 0 Å². The summed E-state index contributed by atoms with van der Waals surface area (Å²) in [7, 11) is 1.99. The highest BCUT2D eigenvalue weighted by molar-refractivity contribution is 5.90. The molecule has 3 fully saturated rings. The van der Waals surface area contributed by atoms with Crippen LogP contribution in [-0.4, -0.2) is 72.1 Å². The van der Waals surface area contributed by atoms with Gasteiger partial charge in [-0.3, -0.25) is 10.00 Å². The second kappa shape index (κ2) is 10.6. The first-order valence-electron chi connectivity index (χ1n) is 14.9. The number of aryl methyl sites for hydroxylation is 2. The number of ether oxygens (including phenoxy) is 1. The molecule has 1 saturated heterocycles. The molecule has 0 aromatic carbocycles. The summed E-state index contributed by atoms with van der Waals surface area (Å²) < 4.78 is 7.79. The van der Waals surface area contributed by atoms with Gasteiger partial charge >= 0.3 is 0 Å². The third-order valence-electron chi connectivity index (χ3n) is 10.2. The predicted octanol–water partition coefficient (Wildman–Crippen LogP) is 2.22. The average molecular weight is 537 g/mol. The molecule has 3 atom stereocenters. The molecular weight excluding hydrogens is 490 g/mol. The predicted molar refractivity (Wildman–Crippen MR) is 152 cm³/mol. The molecule has 2 aromatic rings. The molecule has 2 aromatic heterocycles. The summed E-state index contributed by atoms with van der Waals surface area (Å²) in [6.45, 7) is 9.46. The molecule has 0 amide bonds. The van der Waals surface area contributed by atoms with Crippen LogP contribution in [0.5, 0.6) is 0 Å². The van der Waals surface area contributed by atoms with E-state index < -0.39 is 0 Å². The van der Waals surface area contributed by atoms with Crippen LogP contribution in [0, 0.1) is 36.0 Å². The molecule has 2 aliphatic carbocycles. The Morgan fingerprint density at radius 1 is 1.28 bits per heavy atom. The molecule has 2 aliphatic heterocycles. The molecule has 2 saturated carbocycles. The van der Waals surface area contributed by atoms with Gasteiger partial charge in [0, 0.05) is 61.8 Å². The average Bonchev–Trinajstić information content (AvgIpc) is 3.22. The SMILES string of the molecule is C[NH2+]c1nc(C)cc(N2CCc3c(c(C)nn3CC34CCCC(C3)C(NCC3(CO)COC3)CC4)C2)c1C=N. The van der Waals surface area contributed by atoms with E-state index in [0.717, 1.165) is 61.1 Å². The number of hydrogen-bond acceptors (Lipinski definition) is 7. The molecular formula is C30H46N7O2+. The highest BCUT2D eigenvalue weighted by atomic mass is 16.5. The van der Waals surface area contributed by atoms with Crippen LogP contribution in [-0.2, 0) is 24.2 Å². The van der Waals surface area contributed by atoms with Gasteiger partial charge in [0.25, 0.3) is 0 Å². The molecule has 5 N–H and O–H groups in total. The minimum atomic E-state index is -0.0620. The number of anilines is 1. The Hall–Kier alpha value is -2.33. The molecule has 2 bridgehead atoms. The van der Waals surface area contributed by atoms with Crippen LogP contribution in [0.2, 0.25) is 0 Å². The lowest BCUT2D eigenvalue weighted by atomic mass is 9.60. The molecule has 4 aliphatic rings. The third kappa shape index (κ3) is 4.92.